The maximum Gasteiger partial charge on any atom is 0.416 e. The Balaban J connectivity index is 1.95. The van der Waals surface area contributed by atoms with E-state index in [0.717, 1.165) is 6.07 Å². The molecule has 1 aliphatic carbocycles. The normalized spacial score (nSPS) is 21.5. The molecule has 4 nitrogen and oxygen atoms in total. The SMILES string of the molecule is O=C(O)C1=CN([C@@H]2CCc3c2cccc3C(F)(F)F)CNC1. The number of halogens is 3. The Hall–Kier alpha value is -2.02. The Bertz CT molecular complexity index is 640. The largest absolute Gasteiger partial charge is 0.478 e. The number of aliphatic carboxylic acids is 1. The van der Waals surface area contributed by atoms with Crippen LogP contribution < -0.4 is 5.32 Å². The van der Waals surface area contributed by atoms with Crippen LogP contribution in [0.4, 0.5) is 13.2 Å². The second-order valence-corrected chi connectivity index (χ2v) is 5.48. The van der Waals surface area contributed by atoms with E-state index in [4.69, 9.17) is 5.11 Å². The Morgan fingerprint density at radius 1 is 1.36 bits per heavy atom. The van der Waals surface area contributed by atoms with Crippen LogP contribution in [0.15, 0.2) is 30.0 Å². The van der Waals surface area contributed by atoms with E-state index < -0.39 is 17.7 Å². The molecule has 0 aromatic heterocycles. The van der Waals surface area contributed by atoms with Gasteiger partial charge in [-0.15, -0.1) is 0 Å². The second kappa shape index (κ2) is 5.31. The van der Waals surface area contributed by atoms with Gasteiger partial charge in [-0.1, -0.05) is 12.1 Å². The van der Waals surface area contributed by atoms with Crippen molar-refractivity contribution >= 4 is 5.97 Å². The summed E-state index contributed by atoms with van der Waals surface area (Å²) in [7, 11) is 0. The molecule has 7 heteroatoms. The van der Waals surface area contributed by atoms with Gasteiger partial charge in [-0.25, -0.2) is 4.79 Å². The number of fused-ring (bicyclic) bond motifs is 1. The molecule has 118 valence electrons. The fourth-order valence-corrected chi connectivity index (χ4v) is 3.18. The Morgan fingerprint density at radius 3 is 2.82 bits per heavy atom. The van der Waals surface area contributed by atoms with Gasteiger partial charge in [0.05, 0.1) is 23.8 Å². The molecule has 2 aliphatic rings. The summed E-state index contributed by atoms with van der Waals surface area (Å²) >= 11 is 0. The molecule has 3 rings (SSSR count). The van der Waals surface area contributed by atoms with Crippen molar-refractivity contribution in [1.82, 2.24) is 10.2 Å². The molecule has 0 bridgehead atoms. The van der Waals surface area contributed by atoms with Crippen LogP contribution in [0.3, 0.4) is 0 Å². The third-order valence-corrected chi connectivity index (χ3v) is 4.15. The van der Waals surface area contributed by atoms with E-state index in [1.807, 2.05) is 0 Å². The molecular weight excluding hydrogens is 297 g/mol. The monoisotopic (exact) mass is 312 g/mol. The number of hydrogen-bond acceptors (Lipinski definition) is 3. The molecular formula is C15H15F3N2O2. The molecule has 0 saturated heterocycles. The van der Waals surface area contributed by atoms with Crippen molar-refractivity contribution in [2.75, 3.05) is 13.2 Å². The second-order valence-electron chi connectivity index (χ2n) is 5.48. The average Bonchev–Trinajstić information content (AvgIpc) is 2.90. The van der Waals surface area contributed by atoms with Gasteiger partial charge in [-0.05, 0) is 30.0 Å². The van der Waals surface area contributed by atoms with Crippen molar-refractivity contribution in [3.8, 4) is 0 Å². The number of benzene rings is 1. The lowest BCUT2D eigenvalue weighted by molar-refractivity contribution is -0.138. The summed E-state index contributed by atoms with van der Waals surface area (Å²) < 4.78 is 39.2. The first-order valence-electron chi connectivity index (χ1n) is 6.97. The number of nitrogens with zero attached hydrogens (tertiary/aromatic N) is 1. The lowest BCUT2D eigenvalue weighted by Crippen LogP contribution is -2.39. The molecule has 1 aliphatic heterocycles. The van der Waals surface area contributed by atoms with Crippen molar-refractivity contribution in [3.05, 3.63) is 46.7 Å². The van der Waals surface area contributed by atoms with Gasteiger partial charge in [-0.3, -0.25) is 5.32 Å². The van der Waals surface area contributed by atoms with E-state index in [-0.39, 0.29) is 18.2 Å². The first-order valence-corrected chi connectivity index (χ1v) is 6.97. The molecule has 2 N–H and O–H groups in total. The van der Waals surface area contributed by atoms with Crippen LogP contribution in [-0.4, -0.2) is 29.2 Å². The number of nitrogens with one attached hydrogen (secondary N) is 1. The summed E-state index contributed by atoms with van der Waals surface area (Å²) in [6.45, 7) is 0.686. The summed E-state index contributed by atoms with van der Waals surface area (Å²) in [6, 6.07) is 4.00. The van der Waals surface area contributed by atoms with Crippen molar-refractivity contribution in [1.29, 1.82) is 0 Å². The lowest BCUT2D eigenvalue weighted by atomic mass is 10.0. The summed E-state index contributed by atoms with van der Waals surface area (Å²) in [5, 5.41) is 12.0. The van der Waals surface area contributed by atoms with E-state index in [1.54, 1.807) is 17.2 Å². The van der Waals surface area contributed by atoms with E-state index in [0.29, 0.717) is 30.6 Å². The highest BCUT2D eigenvalue weighted by Crippen LogP contribution is 2.42. The molecule has 0 saturated carbocycles. The van der Waals surface area contributed by atoms with E-state index >= 15 is 0 Å². The maximum atomic E-state index is 13.1. The molecule has 1 aromatic carbocycles. The topological polar surface area (TPSA) is 52.6 Å². The van der Waals surface area contributed by atoms with Gasteiger partial charge in [0.15, 0.2) is 0 Å². The highest BCUT2D eigenvalue weighted by atomic mass is 19.4. The lowest BCUT2D eigenvalue weighted by Gasteiger charge is -2.32. The fraction of sp³-hybridized carbons (Fsp3) is 0.400. The van der Waals surface area contributed by atoms with Crippen LogP contribution >= 0.6 is 0 Å². The van der Waals surface area contributed by atoms with Crippen molar-refractivity contribution in [2.45, 2.75) is 25.1 Å². The third kappa shape index (κ3) is 2.56. The number of carboxylic acids is 1. The summed E-state index contributed by atoms with van der Waals surface area (Å²) in [6.07, 6.45) is -1.92. The average molecular weight is 312 g/mol. The summed E-state index contributed by atoms with van der Waals surface area (Å²) in [4.78, 5) is 12.8. The number of alkyl halides is 3. The molecule has 1 heterocycles. The first-order chi connectivity index (χ1) is 10.4. The third-order valence-electron chi connectivity index (χ3n) is 4.15. The predicted molar refractivity (Wildman–Crippen MR) is 72.9 cm³/mol. The molecule has 0 spiro atoms. The van der Waals surface area contributed by atoms with E-state index in [9.17, 15) is 18.0 Å². The fourth-order valence-electron chi connectivity index (χ4n) is 3.18. The predicted octanol–water partition coefficient (Wildman–Crippen LogP) is 2.52. The Morgan fingerprint density at radius 2 is 2.14 bits per heavy atom. The quantitative estimate of drug-likeness (QED) is 0.881. The van der Waals surface area contributed by atoms with Crippen LogP contribution in [0.2, 0.25) is 0 Å². The summed E-state index contributed by atoms with van der Waals surface area (Å²) in [5.41, 5.74) is 0.599. The van der Waals surface area contributed by atoms with Crippen molar-refractivity contribution in [3.63, 3.8) is 0 Å². The van der Waals surface area contributed by atoms with Gasteiger partial charge in [0.2, 0.25) is 0 Å². The van der Waals surface area contributed by atoms with Crippen molar-refractivity contribution < 1.29 is 23.1 Å². The smallest absolute Gasteiger partial charge is 0.416 e. The van der Waals surface area contributed by atoms with Gasteiger partial charge in [0.25, 0.3) is 0 Å². The molecule has 0 unspecified atom stereocenters. The van der Waals surface area contributed by atoms with Gasteiger partial charge < -0.3 is 10.0 Å². The van der Waals surface area contributed by atoms with Crippen LogP contribution in [0.5, 0.6) is 0 Å². The maximum absolute atomic E-state index is 13.1. The zero-order valence-corrected chi connectivity index (χ0v) is 11.7. The zero-order valence-electron chi connectivity index (χ0n) is 11.7. The minimum Gasteiger partial charge on any atom is -0.478 e. The highest BCUT2D eigenvalue weighted by Gasteiger charge is 2.38. The standard InChI is InChI=1S/C15H15F3N2O2/c16-15(17,18)12-3-1-2-11-10(12)4-5-13(11)20-7-9(14(21)22)6-19-8-20/h1-3,7,13,19H,4-6,8H2,(H,21,22)/t13-/m1/s1. The van der Waals surface area contributed by atoms with Crippen LogP contribution in [0.1, 0.15) is 29.2 Å². The first kappa shape index (κ1) is 14.9. The van der Waals surface area contributed by atoms with Gasteiger partial charge >= 0.3 is 12.1 Å². The summed E-state index contributed by atoms with van der Waals surface area (Å²) in [5.74, 6) is -1.01. The van der Waals surface area contributed by atoms with Gasteiger partial charge in [0, 0.05) is 12.7 Å². The van der Waals surface area contributed by atoms with E-state index in [1.165, 1.54) is 6.07 Å². The van der Waals surface area contributed by atoms with Gasteiger partial charge in [0.1, 0.15) is 0 Å². The van der Waals surface area contributed by atoms with Crippen LogP contribution in [-0.2, 0) is 17.4 Å². The minimum atomic E-state index is -4.36. The molecule has 1 aromatic rings. The molecule has 0 fully saturated rings. The number of hydrogen-bond donors (Lipinski definition) is 2. The van der Waals surface area contributed by atoms with Crippen LogP contribution in [0.25, 0.3) is 0 Å². The molecule has 1 atom stereocenters. The zero-order chi connectivity index (χ0) is 15.9. The minimum absolute atomic E-state index is 0.215. The van der Waals surface area contributed by atoms with Crippen LogP contribution in [0, 0.1) is 0 Å². The highest BCUT2D eigenvalue weighted by molar-refractivity contribution is 5.87. The number of carboxylic acid groups (broad SMARTS) is 1. The number of rotatable bonds is 2. The Labute approximate surface area is 125 Å². The Kier molecular flexibility index (Phi) is 3.60. The molecule has 22 heavy (non-hydrogen) atoms. The van der Waals surface area contributed by atoms with Crippen molar-refractivity contribution in [2.24, 2.45) is 0 Å². The molecule has 0 amide bonds. The van der Waals surface area contributed by atoms with Gasteiger partial charge in [-0.2, -0.15) is 13.2 Å². The number of carbonyl (C=O) groups is 1. The molecule has 0 radical (unpaired) electrons. The van der Waals surface area contributed by atoms with E-state index in [2.05, 4.69) is 5.32 Å².